The summed E-state index contributed by atoms with van der Waals surface area (Å²) in [6.07, 6.45) is 28.8. The fourth-order valence-electron chi connectivity index (χ4n) is 18.5. The number of halogens is 1. The molecule has 6 aliphatic carbocycles. The fourth-order valence-corrected chi connectivity index (χ4v) is 23.1. The first kappa shape index (κ1) is 115. The number of carbonyl (C=O) groups is 4. The quantitative estimate of drug-likeness (QED) is 0.00937. The molecule has 4 heterocycles. The van der Waals surface area contributed by atoms with E-state index in [4.69, 9.17) is 80.7 Å². The van der Waals surface area contributed by atoms with E-state index in [1.807, 2.05) is 56.3 Å². The zero-order valence-corrected chi connectivity index (χ0v) is 86.6. The number of hydrogen-bond donors (Lipinski definition) is 14. The molecule has 37 heteroatoms. The van der Waals surface area contributed by atoms with E-state index in [1.165, 1.54) is 99.7 Å². The number of nitrogens with one attached hydrogen (secondary N) is 3. The van der Waals surface area contributed by atoms with Crippen LogP contribution in [0.25, 0.3) is 39.0 Å². The molecule has 139 heavy (non-hydrogen) atoms. The van der Waals surface area contributed by atoms with Gasteiger partial charge in [-0.2, -0.15) is 24.3 Å². The molecule has 4 amide bonds. The Balaban J connectivity index is 0.000000221. The molecule has 17 N–H and O–H groups in total. The van der Waals surface area contributed by atoms with Gasteiger partial charge in [0.05, 0.1) is 118 Å². The summed E-state index contributed by atoms with van der Waals surface area (Å²) in [4.78, 5) is 49.3. The number of aromatic nitrogens is 4. The Morgan fingerprint density at radius 3 is 1.42 bits per heavy atom. The topological polar surface area (TPSA) is 485 Å². The molecule has 4 aromatic heterocycles. The minimum absolute atomic E-state index is 0. The van der Waals surface area contributed by atoms with Crippen LogP contribution in [0.1, 0.15) is 275 Å². The van der Waals surface area contributed by atoms with Gasteiger partial charge in [-0.25, -0.2) is 9.03 Å². The summed E-state index contributed by atoms with van der Waals surface area (Å²) in [7, 11) is -7.72. The number of rotatable bonds is 28. The first-order valence-electron chi connectivity index (χ1n) is 47.4. The third kappa shape index (κ3) is 34.2. The van der Waals surface area contributed by atoms with E-state index in [2.05, 4.69) is 121 Å². The molecule has 0 atom stereocenters. The molecule has 6 aromatic carbocycles. The van der Waals surface area contributed by atoms with Crippen molar-refractivity contribution in [3.8, 4) is 51.0 Å². The van der Waals surface area contributed by atoms with E-state index in [-0.39, 0.29) is 99.3 Å². The zero-order valence-electron chi connectivity index (χ0n) is 81.7. The molecule has 0 aliphatic heterocycles. The molecule has 6 saturated carbocycles. The van der Waals surface area contributed by atoms with Crippen LogP contribution in [0.15, 0.2) is 175 Å². The van der Waals surface area contributed by atoms with Gasteiger partial charge in [-0.1, -0.05) is 133 Å². The maximum Gasteiger partial charge on any atom is 2.00 e. The number of pyridine rings is 2. The van der Waals surface area contributed by atoms with E-state index in [0.29, 0.717) is 93.9 Å². The Kier molecular flexibility index (Phi) is 44.0. The molecule has 0 unspecified atom stereocenters. The smallest absolute Gasteiger partial charge is 0.706 e. The van der Waals surface area contributed by atoms with Crippen molar-refractivity contribution in [3.05, 3.63) is 226 Å². The van der Waals surface area contributed by atoms with Gasteiger partial charge in [0.25, 0.3) is 33.7 Å². The summed E-state index contributed by atoms with van der Waals surface area (Å²) in [6.45, 7) is 24.9. The van der Waals surface area contributed by atoms with Gasteiger partial charge in [0.15, 0.2) is 0 Å². The van der Waals surface area contributed by atoms with Crippen molar-refractivity contribution in [1.29, 1.82) is 0 Å². The second-order valence-electron chi connectivity index (χ2n) is 38.5. The molecule has 16 rings (SSSR count). The van der Waals surface area contributed by atoms with Gasteiger partial charge >= 0.3 is 42.1 Å². The normalized spacial score (nSPS) is 18.6. The second kappa shape index (κ2) is 53.2. The number of primary amides is 2. The molecule has 1 radical (unpaired) electrons. The molecular weight excluding hydrogens is 1970 g/mol. The standard InChI is InChI=1S/C33H49P.C26H30BN4O7.C26H29BrN4O5.C12H9N.C2H6O2.C2H6.CH4O3S.B2H4O4.Pd/c1-23(2)27-21-31(24(3)4)33(32(22-27)25(5)6)26-14-13-19-30(20-26)34(28-15-9-7-10-16-28)29-17-11-8-12-18-29;1-25(2,34)14-36-17-4-6-21-20(12-29-31(21)13-17)24(33)30-15-8-26(9-15)10-18(11-26)37-22-7-16(38-27-35)3-5-19(22)23(28)32;1-25(2,34)14-35-17-4-6-21-20(12-29-31(21)13-17)24(33)30-16-8-26(9-16)10-18(11-26)36-22-7-15(27)3-5-19(22)23(28)32;13-12-9-5-4-8-11(12)10-6-2-1-3-7-10;3-1-2-4;1-2;1-5(2,3)4;3-1(4)2(5)6;/h13-14,19-25,28-29H,7-12,15-18H2,1-6H3;3-7,12-13,15,18,34-35H,8-11,14H2,1-2H3,(H2,28,32)(H,30,33);3-7,12-13,16,18,34H,8-11,14H2,1-2H3,(H2,28,32)(H,30,33);1-6,8-9,13H;3-4H,1-2H2;1-2H3;1H3,(H,2,3,4);3-6H;/q;;;-2;;;;;+2/p+1. The molecule has 753 valence electrons. The van der Waals surface area contributed by atoms with Crippen molar-refractivity contribution in [2.24, 2.45) is 22.3 Å². The van der Waals surface area contributed by atoms with Crippen LogP contribution in [0.2, 0.25) is 0 Å². The molecule has 0 saturated heterocycles. The van der Waals surface area contributed by atoms with Crippen LogP contribution in [-0.2, 0) is 30.5 Å². The maximum absolute atomic E-state index is 12.9. The van der Waals surface area contributed by atoms with Crippen molar-refractivity contribution in [1.82, 2.24) is 29.9 Å². The first-order valence-corrected chi connectivity index (χ1v) is 51.7. The van der Waals surface area contributed by atoms with E-state index >= 15 is 0 Å². The van der Waals surface area contributed by atoms with E-state index in [9.17, 15) is 37.8 Å². The predicted molar refractivity (Wildman–Crippen MR) is 547 cm³/mol. The van der Waals surface area contributed by atoms with E-state index in [1.54, 1.807) is 126 Å². The van der Waals surface area contributed by atoms with E-state index < -0.39 is 55.1 Å². The number of hydrogen-bond acceptors (Lipinski definition) is 22. The third-order valence-corrected chi connectivity index (χ3v) is 29.3. The number of benzene rings is 6. The average Bonchev–Trinajstić information content (AvgIpc) is 1.25. The summed E-state index contributed by atoms with van der Waals surface area (Å²) in [6, 6.07) is 50.5. The molecule has 2 spiro atoms. The Morgan fingerprint density at radius 1 is 0.590 bits per heavy atom. The summed E-state index contributed by atoms with van der Waals surface area (Å²) in [5, 5.41) is 91.1. The van der Waals surface area contributed by atoms with Gasteiger partial charge in [-0.15, -0.1) is 41.5 Å². The average molecular weight is 2110 g/mol. The minimum Gasteiger partial charge on any atom is -0.706 e. The summed E-state index contributed by atoms with van der Waals surface area (Å²) < 4.78 is 58.2. The molecule has 10 aromatic rings. The third-order valence-electron chi connectivity index (χ3n) is 24.9. The number of aliphatic hydroxyl groups excluding tert-OH is 2. The Hall–Kier alpha value is -9.30. The SMILES string of the molecule is CC.CC(C)(O)COc1ccc2c(C(=O)NC3CC4(C3)CC(Oc3cc(Br)ccc3C(N)=O)C4)cnn2c1.CC(C)(O)COc1ccc2c(C(=O)NC3CC4(C3)CC(Oc3cc(O[B]O)ccc3C(N)=O)C4)cnn2c1.CC(C)c1cc(C(C)C)c(-c2cccc([PH+](C3CCCCC3)C3CCCCC3)c2)c(C(C)C)c1.CS(=O)(=O)O.OB(O)B(O)O.OCCO.[NH-]c1ccccc1-c1[c-]cccc1.[Pd+2]. The number of amides is 4. The van der Waals surface area contributed by atoms with Gasteiger partial charge in [0, 0.05) is 30.5 Å². The van der Waals surface area contributed by atoms with Gasteiger partial charge in [0.1, 0.15) is 42.0 Å². The van der Waals surface area contributed by atoms with Gasteiger partial charge in [-0.05, 0) is 254 Å². The molecule has 0 bridgehead atoms. The van der Waals surface area contributed by atoms with Crippen LogP contribution in [-0.4, -0.2) is 203 Å². The van der Waals surface area contributed by atoms with Crippen LogP contribution < -0.4 is 51.0 Å². The molecule has 6 aliphatic rings. The number of nitrogens with zero attached hydrogens (tertiary/aromatic N) is 4. The zero-order chi connectivity index (χ0) is 101. The number of nitrogens with two attached hydrogens (primary N) is 2. The van der Waals surface area contributed by atoms with Crippen LogP contribution in [0.4, 0.5) is 5.69 Å². The van der Waals surface area contributed by atoms with Crippen molar-refractivity contribution in [2.75, 3.05) is 32.7 Å². The van der Waals surface area contributed by atoms with Crippen LogP contribution in [0, 0.1) is 16.9 Å². The Bertz CT molecular complexity index is 5670. The van der Waals surface area contributed by atoms with Crippen molar-refractivity contribution < 1.29 is 122 Å². The Labute approximate surface area is 842 Å². The summed E-state index contributed by atoms with van der Waals surface area (Å²) in [5.41, 5.74) is 32.1. The second-order valence-corrected chi connectivity index (χ2v) is 44.0. The largest absolute Gasteiger partial charge is 2.00 e. The fraction of sp³-hybridized carbons (Fsp3) is 0.471. The maximum atomic E-state index is 12.9. The summed E-state index contributed by atoms with van der Waals surface area (Å²) in [5.74, 6) is 2.47. The number of carbonyl (C=O) groups excluding carboxylic acids is 4. The van der Waals surface area contributed by atoms with Crippen LogP contribution in [0.5, 0.6) is 28.7 Å². The van der Waals surface area contributed by atoms with Crippen molar-refractivity contribution in [2.45, 2.75) is 263 Å². The monoisotopic (exact) mass is 2110 g/mol. The summed E-state index contributed by atoms with van der Waals surface area (Å²) >= 11 is 3.41. The van der Waals surface area contributed by atoms with E-state index in [0.717, 1.165) is 78.3 Å². The first-order chi connectivity index (χ1) is 65.3. The van der Waals surface area contributed by atoms with Crippen LogP contribution in [0.3, 0.4) is 0 Å². The molecule has 6 fully saturated rings. The van der Waals surface area contributed by atoms with Gasteiger partial charge < -0.3 is 97.0 Å². The Morgan fingerprint density at radius 2 is 1.02 bits per heavy atom. The number of fused-ring (bicyclic) bond motifs is 2. The number of ether oxygens (including phenoxy) is 4. The molecule has 30 nitrogen and oxygen atoms in total. The van der Waals surface area contributed by atoms with Gasteiger partial charge in [0.2, 0.25) is 0 Å². The van der Waals surface area contributed by atoms with Crippen molar-refractivity contribution >= 4 is 101 Å². The number of aliphatic hydroxyl groups is 4. The van der Waals surface area contributed by atoms with Crippen molar-refractivity contribution in [3.63, 3.8) is 0 Å². The van der Waals surface area contributed by atoms with Crippen LogP contribution >= 0.6 is 23.9 Å². The minimum atomic E-state index is -3.67. The predicted octanol–water partition coefficient (Wildman–Crippen LogP) is 15.6. The molecular formula is C102H138B3BrN9O21PPdS+. The van der Waals surface area contributed by atoms with Gasteiger partial charge in [-0.3, -0.25) is 23.7 Å².